The molecular weight excluding hydrogens is 407 g/mol. The Hall–Kier alpha value is -3.66. The van der Waals surface area contributed by atoms with Crippen LogP contribution in [-0.2, 0) is 4.79 Å². The molecule has 2 aromatic heterocycles. The maximum atomic E-state index is 13.1. The lowest BCUT2D eigenvalue weighted by atomic mass is 10.1. The molecule has 4 aromatic rings. The van der Waals surface area contributed by atoms with E-state index in [9.17, 15) is 9.18 Å². The number of aromatic nitrogens is 4. The van der Waals surface area contributed by atoms with Crippen molar-refractivity contribution in [2.24, 2.45) is 0 Å². The fraction of sp³-hybridized carbons (Fsp3) is 0.100. The molecular formula is C20H17FN6O2S. The van der Waals surface area contributed by atoms with Crippen LogP contribution in [0.15, 0.2) is 64.3 Å². The predicted molar refractivity (Wildman–Crippen MR) is 112 cm³/mol. The SMILES string of the molecule is Cc1ccc(-c2cc(NC(=O)CSc3nnc(-c4ccc(F)cc4)n3N)on2)cc1. The first-order valence-electron chi connectivity index (χ1n) is 8.92. The number of amides is 1. The topological polar surface area (TPSA) is 112 Å². The van der Waals surface area contributed by atoms with E-state index in [0.29, 0.717) is 22.2 Å². The number of hydrogen-bond acceptors (Lipinski definition) is 7. The normalized spacial score (nSPS) is 10.9. The van der Waals surface area contributed by atoms with Crippen molar-refractivity contribution in [2.75, 3.05) is 16.9 Å². The van der Waals surface area contributed by atoms with Crippen LogP contribution in [0.2, 0.25) is 0 Å². The third-order valence-electron chi connectivity index (χ3n) is 4.22. The molecule has 0 aliphatic rings. The van der Waals surface area contributed by atoms with Gasteiger partial charge in [-0.2, -0.15) is 0 Å². The second-order valence-corrected chi connectivity index (χ2v) is 7.40. The number of nitrogens with one attached hydrogen (secondary N) is 1. The van der Waals surface area contributed by atoms with E-state index in [2.05, 4.69) is 20.7 Å². The Morgan fingerprint density at radius 2 is 1.83 bits per heavy atom. The highest BCUT2D eigenvalue weighted by atomic mass is 32.2. The van der Waals surface area contributed by atoms with Gasteiger partial charge in [-0.3, -0.25) is 10.1 Å². The molecule has 2 heterocycles. The largest absolute Gasteiger partial charge is 0.338 e. The molecule has 0 aliphatic carbocycles. The number of thioether (sulfide) groups is 1. The number of carbonyl (C=O) groups is 1. The number of carbonyl (C=O) groups excluding carboxylic acids is 1. The standard InChI is InChI=1S/C20H17FN6O2S/c1-12-2-4-13(5-3-12)16-10-18(29-26-16)23-17(28)11-30-20-25-24-19(27(20)22)14-6-8-15(21)9-7-14/h2-10H,11,22H2,1H3,(H,23,28). The number of aryl methyl sites for hydroxylation is 1. The molecule has 0 atom stereocenters. The van der Waals surface area contributed by atoms with E-state index < -0.39 is 0 Å². The number of anilines is 1. The van der Waals surface area contributed by atoms with Crippen LogP contribution >= 0.6 is 11.8 Å². The molecule has 0 radical (unpaired) electrons. The highest BCUT2D eigenvalue weighted by Crippen LogP contribution is 2.24. The van der Waals surface area contributed by atoms with Crippen LogP contribution in [0.4, 0.5) is 10.3 Å². The summed E-state index contributed by atoms with van der Waals surface area (Å²) in [5.74, 6) is 6.00. The Morgan fingerprint density at radius 3 is 2.57 bits per heavy atom. The van der Waals surface area contributed by atoms with Gasteiger partial charge in [-0.15, -0.1) is 10.2 Å². The van der Waals surface area contributed by atoms with Crippen LogP contribution in [0.5, 0.6) is 0 Å². The Balaban J connectivity index is 1.36. The number of halogens is 1. The van der Waals surface area contributed by atoms with Crippen LogP contribution < -0.4 is 11.2 Å². The van der Waals surface area contributed by atoms with Crippen LogP contribution in [-0.4, -0.2) is 31.7 Å². The van der Waals surface area contributed by atoms with E-state index in [-0.39, 0.29) is 23.4 Å². The summed E-state index contributed by atoms with van der Waals surface area (Å²) >= 11 is 1.11. The zero-order valence-electron chi connectivity index (χ0n) is 15.9. The molecule has 1 amide bonds. The van der Waals surface area contributed by atoms with E-state index in [4.69, 9.17) is 10.4 Å². The lowest BCUT2D eigenvalue weighted by molar-refractivity contribution is -0.113. The van der Waals surface area contributed by atoms with Gasteiger partial charge >= 0.3 is 0 Å². The van der Waals surface area contributed by atoms with Gasteiger partial charge < -0.3 is 10.4 Å². The fourth-order valence-electron chi connectivity index (χ4n) is 2.67. The summed E-state index contributed by atoms with van der Waals surface area (Å²) in [5.41, 5.74) is 3.28. The maximum absolute atomic E-state index is 13.1. The Morgan fingerprint density at radius 1 is 1.13 bits per heavy atom. The first kappa shape index (κ1) is 19.6. The van der Waals surface area contributed by atoms with Crippen molar-refractivity contribution < 1.29 is 13.7 Å². The number of nitrogens with two attached hydrogens (primary N) is 1. The van der Waals surface area contributed by atoms with Gasteiger partial charge in [0.1, 0.15) is 11.5 Å². The first-order chi connectivity index (χ1) is 14.5. The molecule has 3 N–H and O–H groups in total. The molecule has 0 saturated heterocycles. The average molecular weight is 424 g/mol. The highest BCUT2D eigenvalue weighted by molar-refractivity contribution is 7.99. The smallest absolute Gasteiger partial charge is 0.237 e. The third kappa shape index (κ3) is 4.33. The second-order valence-electron chi connectivity index (χ2n) is 6.46. The van der Waals surface area contributed by atoms with Crippen LogP contribution in [0.3, 0.4) is 0 Å². The first-order valence-corrected chi connectivity index (χ1v) is 9.91. The summed E-state index contributed by atoms with van der Waals surface area (Å²) < 4.78 is 19.5. The van der Waals surface area contributed by atoms with Crippen molar-refractivity contribution in [3.05, 3.63) is 66.0 Å². The van der Waals surface area contributed by atoms with E-state index in [0.717, 1.165) is 22.9 Å². The molecule has 8 nitrogen and oxygen atoms in total. The molecule has 152 valence electrons. The molecule has 0 spiro atoms. The number of nitrogens with zero attached hydrogens (tertiary/aromatic N) is 4. The Bertz CT molecular complexity index is 1170. The average Bonchev–Trinajstić information content (AvgIpc) is 3.34. The molecule has 30 heavy (non-hydrogen) atoms. The minimum absolute atomic E-state index is 0.0410. The second kappa shape index (κ2) is 8.37. The maximum Gasteiger partial charge on any atom is 0.237 e. The summed E-state index contributed by atoms with van der Waals surface area (Å²) in [4.78, 5) is 12.2. The van der Waals surface area contributed by atoms with Crippen molar-refractivity contribution in [2.45, 2.75) is 12.1 Å². The molecule has 0 fully saturated rings. The quantitative estimate of drug-likeness (QED) is 0.360. The number of rotatable bonds is 6. The van der Waals surface area contributed by atoms with Crippen molar-refractivity contribution in [3.63, 3.8) is 0 Å². The molecule has 0 aliphatic heterocycles. The van der Waals surface area contributed by atoms with Crippen LogP contribution in [0.25, 0.3) is 22.6 Å². The van der Waals surface area contributed by atoms with E-state index in [1.165, 1.54) is 16.8 Å². The van der Waals surface area contributed by atoms with Crippen molar-refractivity contribution in [3.8, 4) is 22.6 Å². The van der Waals surface area contributed by atoms with Crippen molar-refractivity contribution in [1.29, 1.82) is 0 Å². The summed E-state index contributed by atoms with van der Waals surface area (Å²) in [6.07, 6.45) is 0. The monoisotopic (exact) mass is 424 g/mol. The Kier molecular flexibility index (Phi) is 5.48. The Labute approximate surface area is 175 Å². The summed E-state index contributed by atoms with van der Waals surface area (Å²) in [6, 6.07) is 15.2. The van der Waals surface area contributed by atoms with Crippen molar-refractivity contribution >= 4 is 23.6 Å². The van der Waals surface area contributed by atoms with Gasteiger partial charge in [0.2, 0.25) is 16.9 Å². The zero-order chi connectivity index (χ0) is 21.1. The minimum atomic E-state index is -0.356. The van der Waals surface area contributed by atoms with Crippen molar-refractivity contribution in [1.82, 2.24) is 20.0 Å². The third-order valence-corrected chi connectivity index (χ3v) is 5.16. The predicted octanol–water partition coefficient (Wildman–Crippen LogP) is 3.49. The molecule has 0 bridgehead atoms. The molecule has 4 rings (SSSR count). The van der Waals surface area contributed by atoms with Crippen LogP contribution in [0, 0.1) is 12.7 Å². The van der Waals surface area contributed by atoms with Gasteiger partial charge in [0.05, 0.1) is 5.75 Å². The van der Waals surface area contributed by atoms with E-state index in [1.54, 1.807) is 18.2 Å². The van der Waals surface area contributed by atoms with Gasteiger partial charge in [0.25, 0.3) is 0 Å². The molecule has 0 unspecified atom stereocenters. The highest BCUT2D eigenvalue weighted by Gasteiger charge is 2.15. The van der Waals surface area contributed by atoms with Gasteiger partial charge in [0, 0.05) is 17.2 Å². The van der Waals surface area contributed by atoms with Gasteiger partial charge in [-0.1, -0.05) is 46.7 Å². The summed E-state index contributed by atoms with van der Waals surface area (Å²) in [5, 5.41) is 15.0. The lowest BCUT2D eigenvalue weighted by Gasteiger charge is -2.03. The molecule has 10 heteroatoms. The van der Waals surface area contributed by atoms with Gasteiger partial charge in [-0.05, 0) is 31.2 Å². The number of nitrogen functional groups attached to an aromatic ring is 1. The zero-order valence-corrected chi connectivity index (χ0v) is 16.7. The fourth-order valence-corrected chi connectivity index (χ4v) is 3.33. The lowest BCUT2D eigenvalue weighted by Crippen LogP contribution is -2.16. The van der Waals surface area contributed by atoms with Gasteiger partial charge in [0.15, 0.2) is 5.82 Å². The van der Waals surface area contributed by atoms with Gasteiger partial charge in [-0.25, -0.2) is 9.07 Å². The number of hydrogen-bond donors (Lipinski definition) is 2. The number of benzene rings is 2. The molecule has 0 saturated carbocycles. The summed E-state index contributed by atoms with van der Waals surface area (Å²) in [6.45, 7) is 2.00. The summed E-state index contributed by atoms with van der Waals surface area (Å²) in [7, 11) is 0. The van der Waals surface area contributed by atoms with Crippen LogP contribution in [0.1, 0.15) is 5.56 Å². The molecule has 2 aromatic carbocycles. The van der Waals surface area contributed by atoms with E-state index in [1.807, 2.05) is 31.2 Å². The van der Waals surface area contributed by atoms with E-state index >= 15 is 0 Å². The minimum Gasteiger partial charge on any atom is -0.338 e.